The molecule has 20 heavy (non-hydrogen) atoms. The zero-order chi connectivity index (χ0) is 14.8. The van der Waals surface area contributed by atoms with Crippen molar-refractivity contribution in [3.05, 3.63) is 17.3 Å². The van der Waals surface area contributed by atoms with Crippen molar-refractivity contribution in [2.75, 3.05) is 25.1 Å². The number of hydrazine groups is 1. The maximum absolute atomic E-state index is 12.5. The number of nitrogens with zero attached hydrogens (tertiary/aromatic N) is 2. The molecule has 3 N–H and O–H groups in total. The highest BCUT2D eigenvalue weighted by Crippen LogP contribution is 2.25. The molecule has 9 heteroatoms. The van der Waals surface area contributed by atoms with Gasteiger partial charge in [0, 0.05) is 19.3 Å². The monoisotopic (exact) mass is 320 g/mol. The number of anilines is 1. The molecule has 0 amide bonds. The van der Waals surface area contributed by atoms with Crippen LogP contribution >= 0.6 is 11.6 Å². The van der Waals surface area contributed by atoms with Crippen molar-refractivity contribution in [1.29, 1.82) is 0 Å². The molecule has 0 aliphatic carbocycles. The Labute approximate surface area is 123 Å². The molecular formula is C11H17ClN4O3S. The number of hydrogen-bond donors (Lipinski definition) is 2. The summed E-state index contributed by atoms with van der Waals surface area (Å²) in [4.78, 5) is 3.95. The molecule has 1 saturated heterocycles. The quantitative estimate of drug-likeness (QED) is 0.629. The molecular weight excluding hydrogens is 304 g/mol. The number of halogens is 1. The summed E-state index contributed by atoms with van der Waals surface area (Å²) in [7, 11) is -3.61. The lowest BCUT2D eigenvalue weighted by Gasteiger charge is -2.31. The zero-order valence-corrected chi connectivity index (χ0v) is 12.6. The topological polar surface area (TPSA) is 97.6 Å². The van der Waals surface area contributed by atoms with E-state index in [1.165, 1.54) is 16.6 Å². The highest BCUT2D eigenvalue weighted by Gasteiger charge is 2.30. The SMILES string of the molecule is CCC1CN(S(=O)(=O)c2cnc(NN)c(Cl)c2)CCO1. The Kier molecular flexibility index (Phi) is 4.82. The van der Waals surface area contributed by atoms with Crippen molar-refractivity contribution in [1.82, 2.24) is 9.29 Å². The molecule has 1 aromatic rings. The van der Waals surface area contributed by atoms with E-state index in [2.05, 4.69) is 10.4 Å². The fourth-order valence-electron chi connectivity index (χ4n) is 1.97. The Balaban J connectivity index is 2.28. The molecule has 0 saturated carbocycles. The van der Waals surface area contributed by atoms with Crippen LogP contribution in [0.4, 0.5) is 5.82 Å². The Hall–Kier alpha value is -0.930. The number of morpholine rings is 1. The van der Waals surface area contributed by atoms with E-state index in [0.29, 0.717) is 19.7 Å². The van der Waals surface area contributed by atoms with Gasteiger partial charge >= 0.3 is 0 Å². The third kappa shape index (κ3) is 3.04. The fraction of sp³-hybridized carbons (Fsp3) is 0.545. The largest absolute Gasteiger partial charge is 0.375 e. The van der Waals surface area contributed by atoms with Gasteiger partial charge in [-0.15, -0.1) is 0 Å². The van der Waals surface area contributed by atoms with Crippen molar-refractivity contribution in [2.24, 2.45) is 5.84 Å². The molecule has 7 nitrogen and oxygen atoms in total. The van der Waals surface area contributed by atoms with E-state index in [0.717, 1.165) is 6.42 Å². The molecule has 112 valence electrons. The maximum Gasteiger partial charge on any atom is 0.244 e. The Morgan fingerprint density at radius 3 is 3.00 bits per heavy atom. The summed E-state index contributed by atoms with van der Waals surface area (Å²) in [5.74, 6) is 5.45. The number of aromatic nitrogens is 1. The van der Waals surface area contributed by atoms with E-state index in [1.54, 1.807) is 0 Å². The molecule has 2 rings (SSSR count). The number of nitrogens with two attached hydrogens (primary N) is 1. The second-order valence-electron chi connectivity index (χ2n) is 4.41. The minimum atomic E-state index is -3.61. The summed E-state index contributed by atoms with van der Waals surface area (Å²) in [5, 5.41) is 0.161. The van der Waals surface area contributed by atoms with Crippen molar-refractivity contribution in [3.8, 4) is 0 Å². The number of nitrogens with one attached hydrogen (secondary N) is 1. The molecule has 1 atom stereocenters. The lowest BCUT2D eigenvalue weighted by atomic mass is 10.2. The van der Waals surface area contributed by atoms with Gasteiger partial charge in [-0.25, -0.2) is 19.2 Å². The van der Waals surface area contributed by atoms with E-state index >= 15 is 0 Å². The van der Waals surface area contributed by atoms with Crippen LogP contribution in [0.2, 0.25) is 5.02 Å². The minimum Gasteiger partial charge on any atom is -0.375 e. The molecule has 0 spiro atoms. The van der Waals surface area contributed by atoms with Crippen molar-refractivity contribution < 1.29 is 13.2 Å². The normalized spacial score (nSPS) is 20.9. The van der Waals surface area contributed by atoms with E-state index in [4.69, 9.17) is 22.2 Å². The zero-order valence-electron chi connectivity index (χ0n) is 11.0. The van der Waals surface area contributed by atoms with Crippen LogP contribution in [-0.4, -0.2) is 43.5 Å². The van der Waals surface area contributed by atoms with Gasteiger partial charge in [-0.2, -0.15) is 4.31 Å². The highest BCUT2D eigenvalue weighted by atomic mass is 35.5. The van der Waals surface area contributed by atoms with Crippen LogP contribution in [0.1, 0.15) is 13.3 Å². The number of hydrogen-bond acceptors (Lipinski definition) is 6. The second kappa shape index (κ2) is 6.23. The van der Waals surface area contributed by atoms with Gasteiger partial charge in [0.1, 0.15) is 4.90 Å². The summed E-state index contributed by atoms with van der Waals surface area (Å²) in [6, 6.07) is 1.34. The smallest absolute Gasteiger partial charge is 0.244 e. The number of ether oxygens (including phenoxy) is 1. The molecule has 1 aliphatic heterocycles. The van der Waals surface area contributed by atoms with Crippen LogP contribution in [0, 0.1) is 0 Å². The average Bonchev–Trinajstić information content (AvgIpc) is 2.47. The molecule has 1 aliphatic rings. The van der Waals surface area contributed by atoms with Gasteiger partial charge in [0.25, 0.3) is 0 Å². The first-order valence-electron chi connectivity index (χ1n) is 6.23. The van der Waals surface area contributed by atoms with Crippen molar-refractivity contribution >= 4 is 27.4 Å². The first-order chi connectivity index (χ1) is 9.48. The van der Waals surface area contributed by atoms with Crippen molar-refractivity contribution in [2.45, 2.75) is 24.3 Å². The first kappa shape index (κ1) is 15.5. The number of sulfonamides is 1. The molecule has 0 bridgehead atoms. The molecule has 1 fully saturated rings. The fourth-order valence-corrected chi connectivity index (χ4v) is 3.69. The molecule has 1 unspecified atom stereocenters. The van der Waals surface area contributed by atoms with Gasteiger partial charge < -0.3 is 10.2 Å². The minimum absolute atomic E-state index is 0.0539. The van der Waals surface area contributed by atoms with E-state index in [-0.39, 0.29) is 21.8 Å². The summed E-state index contributed by atoms with van der Waals surface area (Å²) in [6.07, 6.45) is 1.93. The Morgan fingerprint density at radius 1 is 1.65 bits per heavy atom. The molecule has 0 radical (unpaired) electrons. The van der Waals surface area contributed by atoms with Crippen LogP contribution < -0.4 is 11.3 Å². The van der Waals surface area contributed by atoms with Gasteiger partial charge in [-0.3, -0.25) is 0 Å². The first-order valence-corrected chi connectivity index (χ1v) is 8.04. The van der Waals surface area contributed by atoms with Gasteiger partial charge in [-0.05, 0) is 12.5 Å². The van der Waals surface area contributed by atoms with Gasteiger partial charge in [0.05, 0.1) is 17.7 Å². The third-order valence-corrected chi connectivity index (χ3v) is 5.27. The number of pyridine rings is 1. The number of nitrogen functional groups attached to an aromatic ring is 1. The Morgan fingerprint density at radius 2 is 2.40 bits per heavy atom. The third-order valence-electron chi connectivity index (χ3n) is 3.15. The van der Waals surface area contributed by atoms with Crippen LogP contribution in [0.3, 0.4) is 0 Å². The summed E-state index contributed by atoms with van der Waals surface area (Å²) in [5.41, 5.74) is 2.30. The predicted molar refractivity (Wildman–Crippen MR) is 75.8 cm³/mol. The maximum atomic E-state index is 12.5. The summed E-state index contributed by atoms with van der Waals surface area (Å²) < 4.78 is 31.9. The van der Waals surface area contributed by atoms with Crippen LogP contribution in [0.15, 0.2) is 17.2 Å². The van der Waals surface area contributed by atoms with Crippen LogP contribution in [0.25, 0.3) is 0 Å². The lowest BCUT2D eigenvalue weighted by Crippen LogP contribution is -2.45. The van der Waals surface area contributed by atoms with Crippen molar-refractivity contribution in [3.63, 3.8) is 0 Å². The van der Waals surface area contributed by atoms with E-state index < -0.39 is 10.0 Å². The van der Waals surface area contributed by atoms with E-state index in [9.17, 15) is 8.42 Å². The van der Waals surface area contributed by atoms with Gasteiger partial charge in [0.15, 0.2) is 5.82 Å². The highest BCUT2D eigenvalue weighted by molar-refractivity contribution is 7.89. The second-order valence-corrected chi connectivity index (χ2v) is 6.76. The predicted octanol–water partition coefficient (Wildman–Crippen LogP) is 0.820. The van der Waals surface area contributed by atoms with E-state index in [1.807, 2.05) is 6.92 Å². The summed E-state index contributed by atoms with van der Waals surface area (Å²) in [6.45, 7) is 3.02. The Bertz CT molecular complexity index is 581. The number of rotatable bonds is 4. The molecule has 2 heterocycles. The summed E-state index contributed by atoms with van der Waals surface area (Å²) >= 11 is 5.92. The van der Waals surface area contributed by atoms with Gasteiger partial charge in [0.2, 0.25) is 10.0 Å². The van der Waals surface area contributed by atoms with Gasteiger partial charge in [-0.1, -0.05) is 18.5 Å². The lowest BCUT2D eigenvalue weighted by molar-refractivity contribution is -0.00278. The average molecular weight is 321 g/mol. The molecule has 1 aromatic heterocycles. The van der Waals surface area contributed by atoms with Crippen LogP contribution in [0.5, 0.6) is 0 Å². The van der Waals surface area contributed by atoms with Crippen LogP contribution in [-0.2, 0) is 14.8 Å². The standard InChI is InChI=1S/C11H17ClN4O3S/c1-2-8-7-16(3-4-19-8)20(17,18)9-5-10(12)11(15-13)14-6-9/h5-6,8H,2-4,7,13H2,1H3,(H,14,15). The molecule has 0 aromatic carbocycles.